The minimum absolute atomic E-state index is 0.00481. The highest BCUT2D eigenvalue weighted by atomic mass is 16.2. The van der Waals surface area contributed by atoms with Gasteiger partial charge in [0, 0.05) is 12.1 Å². The Balaban J connectivity index is 1.90. The second-order valence-corrected chi connectivity index (χ2v) is 7.79. The van der Waals surface area contributed by atoms with Crippen molar-refractivity contribution in [2.45, 2.75) is 53.0 Å². The van der Waals surface area contributed by atoms with Gasteiger partial charge in [0.2, 0.25) is 0 Å². The summed E-state index contributed by atoms with van der Waals surface area (Å²) in [5.41, 5.74) is 4.74. The summed E-state index contributed by atoms with van der Waals surface area (Å²) in [5.74, 6) is 0. The smallest absolute Gasteiger partial charge is 0.315 e. The second kappa shape index (κ2) is 6.90. The molecule has 5 heteroatoms. The number of benzene rings is 1. The zero-order chi connectivity index (χ0) is 18.0. The lowest BCUT2D eigenvalue weighted by Gasteiger charge is -2.36. The molecule has 0 unspecified atom stereocenters. The maximum atomic E-state index is 12.2. The van der Waals surface area contributed by atoms with Crippen molar-refractivity contribution < 1.29 is 4.79 Å². The number of amides is 2. The minimum Gasteiger partial charge on any atom is -0.338 e. The van der Waals surface area contributed by atoms with Crippen LogP contribution in [-0.2, 0) is 6.42 Å². The van der Waals surface area contributed by atoms with Crippen LogP contribution in [-0.4, -0.2) is 22.4 Å². The predicted molar refractivity (Wildman–Crippen MR) is 100.0 cm³/mol. The third-order valence-electron chi connectivity index (χ3n) is 4.80. The van der Waals surface area contributed by atoms with Gasteiger partial charge in [-0.25, -0.2) is 9.48 Å². The van der Waals surface area contributed by atoms with Crippen molar-refractivity contribution in [3.8, 4) is 5.69 Å². The van der Waals surface area contributed by atoms with Crippen molar-refractivity contribution in [3.05, 3.63) is 47.3 Å². The van der Waals surface area contributed by atoms with Gasteiger partial charge in [-0.1, -0.05) is 38.5 Å². The summed E-state index contributed by atoms with van der Waals surface area (Å²) in [6, 6.07) is 8.30. The Morgan fingerprint density at radius 2 is 2.04 bits per heavy atom. The number of aryl methyl sites for hydroxylation is 1. The number of nitrogens with one attached hydrogen (secondary N) is 2. The van der Waals surface area contributed by atoms with E-state index in [0.717, 1.165) is 30.5 Å². The van der Waals surface area contributed by atoms with Crippen LogP contribution in [0.5, 0.6) is 0 Å². The highest BCUT2D eigenvalue weighted by molar-refractivity contribution is 5.74. The van der Waals surface area contributed by atoms with Gasteiger partial charge in [0.1, 0.15) is 0 Å². The van der Waals surface area contributed by atoms with Gasteiger partial charge in [0.05, 0.1) is 23.6 Å². The average molecular weight is 340 g/mol. The van der Waals surface area contributed by atoms with Crippen LogP contribution in [0.1, 0.15) is 56.5 Å². The summed E-state index contributed by atoms with van der Waals surface area (Å²) in [4.78, 5) is 12.2. The van der Waals surface area contributed by atoms with Gasteiger partial charge in [-0.3, -0.25) is 0 Å². The number of fused-ring (bicyclic) bond motifs is 1. The molecule has 25 heavy (non-hydrogen) atoms. The molecule has 1 aromatic heterocycles. The van der Waals surface area contributed by atoms with E-state index in [-0.39, 0.29) is 17.5 Å². The third-order valence-corrected chi connectivity index (χ3v) is 4.80. The van der Waals surface area contributed by atoms with Crippen molar-refractivity contribution >= 4 is 6.03 Å². The first-order chi connectivity index (χ1) is 11.9. The highest BCUT2D eigenvalue weighted by Gasteiger charge is 2.35. The van der Waals surface area contributed by atoms with Crippen LogP contribution in [0.15, 0.2) is 30.5 Å². The van der Waals surface area contributed by atoms with Gasteiger partial charge in [0.25, 0.3) is 0 Å². The molecule has 5 nitrogen and oxygen atoms in total. The van der Waals surface area contributed by atoms with Crippen LogP contribution in [0.2, 0.25) is 0 Å². The number of rotatable bonds is 4. The maximum absolute atomic E-state index is 12.2. The van der Waals surface area contributed by atoms with Crippen LogP contribution in [0, 0.1) is 12.3 Å². The van der Waals surface area contributed by atoms with Crippen molar-refractivity contribution in [3.63, 3.8) is 0 Å². The largest absolute Gasteiger partial charge is 0.338 e. The van der Waals surface area contributed by atoms with E-state index in [0.29, 0.717) is 6.54 Å². The van der Waals surface area contributed by atoms with E-state index in [2.05, 4.69) is 60.8 Å². The van der Waals surface area contributed by atoms with E-state index >= 15 is 0 Å². The molecule has 0 saturated heterocycles. The first kappa shape index (κ1) is 17.5. The fourth-order valence-electron chi connectivity index (χ4n) is 3.53. The Bertz CT molecular complexity index is 746. The van der Waals surface area contributed by atoms with Gasteiger partial charge >= 0.3 is 6.03 Å². The average Bonchev–Trinajstić information content (AvgIpc) is 2.96. The van der Waals surface area contributed by atoms with Crippen LogP contribution in [0.4, 0.5) is 4.79 Å². The number of urea groups is 1. The molecule has 2 amide bonds. The minimum atomic E-state index is -0.0985. The molecular formula is C20H28N4O. The lowest BCUT2D eigenvalue weighted by atomic mass is 9.74. The van der Waals surface area contributed by atoms with Crippen molar-refractivity contribution in [1.29, 1.82) is 0 Å². The topological polar surface area (TPSA) is 59.0 Å². The standard InChI is InChI=1S/C20H28N4O/c1-5-10-21-19(25)23-17-11-20(3,4)12-18-16(17)13-22-24(18)15-8-6-14(2)7-9-15/h6-9,13,17H,5,10-12H2,1-4H3,(H2,21,23,25)/t17-/m1/s1. The molecule has 0 aliphatic heterocycles. The van der Waals surface area contributed by atoms with Gasteiger partial charge in [-0.05, 0) is 43.7 Å². The lowest BCUT2D eigenvalue weighted by Crippen LogP contribution is -2.42. The van der Waals surface area contributed by atoms with Gasteiger partial charge in [0.15, 0.2) is 0 Å². The zero-order valence-electron chi connectivity index (χ0n) is 15.6. The van der Waals surface area contributed by atoms with Crippen LogP contribution in [0.3, 0.4) is 0 Å². The van der Waals surface area contributed by atoms with Crippen molar-refractivity contribution in [2.75, 3.05) is 6.54 Å². The van der Waals surface area contributed by atoms with E-state index in [9.17, 15) is 4.79 Å². The van der Waals surface area contributed by atoms with Gasteiger partial charge in [-0.2, -0.15) is 5.10 Å². The second-order valence-electron chi connectivity index (χ2n) is 7.79. The first-order valence-electron chi connectivity index (χ1n) is 9.08. The molecule has 2 aromatic rings. The van der Waals surface area contributed by atoms with Crippen molar-refractivity contribution in [1.82, 2.24) is 20.4 Å². The van der Waals surface area contributed by atoms with E-state index in [1.165, 1.54) is 11.3 Å². The van der Waals surface area contributed by atoms with E-state index in [1.54, 1.807) is 0 Å². The molecule has 2 N–H and O–H groups in total. The molecule has 0 fully saturated rings. The molecule has 0 radical (unpaired) electrons. The molecule has 3 rings (SSSR count). The summed E-state index contributed by atoms with van der Waals surface area (Å²) in [7, 11) is 0. The van der Waals surface area contributed by atoms with Crippen LogP contribution >= 0.6 is 0 Å². The molecule has 1 aliphatic carbocycles. The number of nitrogens with zero attached hydrogens (tertiary/aromatic N) is 2. The Morgan fingerprint density at radius 3 is 2.72 bits per heavy atom. The third kappa shape index (κ3) is 3.86. The van der Waals surface area contributed by atoms with Gasteiger partial charge in [-0.15, -0.1) is 0 Å². The Kier molecular flexibility index (Phi) is 4.84. The molecule has 134 valence electrons. The fourth-order valence-corrected chi connectivity index (χ4v) is 3.53. The Hall–Kier alpha value is -2.30. The monoisotopic (exact) mass is 340 g/mol. The van der Waals surface area contributed by atoms with E-state index < -0.39 is 0 Å². The summed E-state index contributed by atoms with van der Waals surface area (Å²) in [5, 5.41) is 10.7. The number of carbonyl (C=O) groups excluding carboxylic acids is 1. The number of carbonyl (C=O) groups is 1. The highest BCUT2D eigenvalue weighted by Crippen LogP contribution is 2.41. The Labute approximate surface area is 149 Å². The molecule has 0 bridgehead atoms. The summed E-state index contributed by atoms with van der Waals surface area (Å²) in [6.45, 7) is 9.33. The molecule has 1 heterocycles. The van der Waals surface area contributed by atoms with Crippen LogP contribution < -0.4 is 10.6 Å². The van der Waals surface area contributed by atoms with E-state index in [1.807, 2.05) is 17.8 Å². The maximum Gasteiger partial charge on any atom is 0.315 e. The van der Waals surface area contributed by atoms with Gasteiger partial charge < -0.3 is 10.6 Å². The molecule has 0 saturated carbocycles. The molecular weight excluding hydrogens is 312 g/mol. The summed E-state index contributed by atoms with van der Waals surface area (Å²) in [6.07, 6.45) is 4.71. The number of hydrogen-bond acceptors (Lipinski definition) is 2. The quantitative estimate of drug-likeness (QED) is 0.887. The summed E-state index contributed by atoms with van der Waals surface area (Å²) >= 11 is 0. The number of aromatic nitrogens is 2. The lowest BCUT2D eigenvalue weighted by molar-refractivity contribution is 0.221. The van der Waals surface area contributed by atoms with E-state index in [4.69, 9.17) is 0 Å². The molecule has 1 aliphatic rings. The normalized spacial score (nSPS) is 18.5. The molecule has 0 spiro atoms. The molecule has 1 atom stereocenters. The number of hydrogen-bond donors (Lipinski definition) is 2. The molecule has 1 aromatic carbocycles. The van der Waals surface area contributed by atoms with Crippen LogP contribution in [0.25, 0.3) is 5.69 Å². The SMILES string of the molecule is CCCNC(=O)N[C@@H]1CC(C)(C)Cc2c1cnn2-c1ccc(C)cc1. The zero-order valence-corrected chi connectivity index (χ0v) is 15.6. The Morgan fingerprint density at radius 1 is 1.32 bits per heavy atom. The predicted octanol–water partition coefficient (Wildman–Crippen LogP) is 3.90. The first-order valence-corrected chi connectivity index (χ1v) is 9.08. The fraction of sp³-hybridized carbons (Fsp3) is 0.500. The van der Waals surface area contributed by atoms with Crippen molar-refractivity contribution in [2.24, 2.45) is 5.41 Å². The summed E-state index contributed by atoms with van der Waals surface area (Å²) < 4.78 is 2.02.